The molecule has 2 aliphatic heterocycles. The molecule has 0 aliphatic carbocycles. The van der Waals surface area contributed by atoms with Crippen LogP contribution in [0.3, 0.4) is 0 Å². The molecule has 2 aromatic carbocycles. The highest BCUT2D eigenvalue weighted by Gasteiger charge is 2.33. The first kappa shape index (κ1) is 20.4. The van der Waals surface area contributed by atoms with Crippen molar-refractivity contribution in [2.75, 3.05) is 25.9 Å². The Balaban J connectivity index is 1.50. The van der Waals surface area contributed by atoms with Gasteiger partial charge in [-0.1, -0.05) is 18.2 Å². The van der Waals surface area contributed by atoms with Gasteiger partial charge in [0.05, 0.1) is 5.56 Å². The van der Waals surface area contributed by atoms with Crippen molar-refractivity contribution >= 4 is 17.7 Å². The maximum absolute atomic E-state index is 14.9. The summed E-state index contributed by atoms with van der Waals surface area (Å²) >= 11 is 1.68. The van der Waals surface area contributed by atoms with E-state index in [1.165, 1.54) is 23.8 Å². The third-order valence-electron chi connectivity index (χ3n) is 6.40. The van der Waals surface area contributed by atoms with Crippen LogP contribution in [0.25, 0.3) is 11.1 Å². The van der Waals surface area contributed by atoms with E-state index in [2.05, 4.69) is 11.8 Å². The molecule has 1 amide bonds. The number of benzene rings is 2. The van der Waals surface area contributed by atoms with Gasteiger partial charge >= 0.3 is 0 Å². The number of hydrogen-bond acceptors (Lipinski definition) is 3. The SMILES string of the molecule is CSc1ccc(-c2ccc(C(=O)N3CCCC3CN3CCCC3C)c(F)c2)cc1. The van der Waals surface area contributed by atoms with Gasteiger partial charge in [0.25, 0.3) is 5.91 Å². The van der Waals surface area contributed by atoms with Crippen LogP contribution in [0.2, 0.25) is 0 Å². The van der Waals surface area contributed by atoms with Gasteiger partial charge in [-0.25, -0.2) is 4.39 Å². The summed E-state index contributed by atoms with van der Waals surface area (Å²) in [6, 6.07) is 13.8. The average molecular weight is 413 g/mol. The molecule has 0 saturated carbocycles. The number of amides is 1. The van der Waals surface area contributed by atoms with Crippen LogP contribution in [0.15, 0.2) is 47.4 Å². The van der Waals surface area contributed by atoms with Crippen molar-refractivity contribution in [1.82, 2.24) is 9.80 Å². The average Bonchev–Trinajstić information content (AvgIpc) is 3.37. The molecule has 5 heteroatoms. The molecule has 2 heterocycles. The van der Waals surface area contributed by atoms with Crippen LogP contribution in [0.5, 0.6) is 0 Å². The van der Waals surface area contributed by atoms with Crippen LogP contribution in [-0.4, -0.2) is 53.7 Å². The Morgan fingerprint density at radius 1 is 1.07 bits per heavy atom. The smallest absolute Gasteiger partial charge is 0.257 e. The lowest BCUT2D eigenvalue weighted by molar-refractivity contribution is 0.0692. The second-order valence-electron chi connectivity index (χ2n) is 8.20. The molecule has 2 aliphatic rings. The molecule has 0 bridgehead atoms. The summed E-state index contributed by atoms with van der Waals surface area (Å²) in [6.45, 7) is 5.01. The van der Waals surface area contributed by atoms with Gasteiger partial charge < -0.3 is 4.90 Å². The second kappa shape index (κ2) is 8.88. The molecule has 0 aromatic heterocycles. The molecular formula is C24H29FN2OS. The Morgan fingerprint density at radius 2 is 1.79 bits per heavy atom. The standard InChI is InChI=1S/C24H29FN2OS/c1-17-5-3-13-26(17)16-20-6-4-14-27(20)24(28)22-12-9-19(15-23(22)25)18-7-10-21(29-2)11-8-18/h7-12,15,17,20H,3-6,13-14,16H2,1-2H3. The van der Waals surface area contributed by atoms with Gasteiger partial charge in [0, 0.05) is 30.1 Å². The minimum Gasteiger partial charge on any atom is -0.334 e. The molecule has 3 nitrogen and oxygen atoms in total. The van der Waals surface area contributed by atoms with Crippen molar-refractivity contribution in [2.45, 2.75) is 49.6 Å². The number of likely N-dealkylation sites (tertiary alicyclic amines) is 2. The lowest BCUT2D eigenvalue weighted by Crippen LogP contribution is -2.44. The fourth-order valence-electron chi connectivity index (χ4n) is 4.63. The number of rotatable bonds is 5. The summed E-state index contributed by atoms with van der Waals surface area (Å²) in [6.07, 6.45) is 6.51. The number of carbonyl (C=O) groups excluding carboxylic acids is 1. The van der Waals surface area contributed by atoms with Crippen molar-refractivity contribution < 1.29 is 9.18 Å². The molecule has 2 fully saturated rings. The quantitative estimate of drug-likeness (QED) is 0.622. The number of thioether (sulfide) groups is 1. The zero-order valence-corrected chi connectivity index (χ0v) is 18.1. The van der Waals surface area contributed by atoms with E-state index in [4.69, 9.17) is 0 Å². The first-order valence-corrected chi connectivity index (χ1v) is 11.8. The summed E-state index contributed by atoms with van der Waals surface area (Å²) in [7, 11) is 0. The first-order valence-electron chi connectivity index (χ1n) is 10.6. The second-order valence-corrected chi connectivity index (χ2v) is 9.08. The van der Waals surface area contributed by atoms with Gasteiger partial charge in [0.1, 0.15) is 5.82 Å². The highest BCUT2D eigenvalue weighted by atomic mass is 32.2. The maximum atomic E-state index is 14.9. The van der Waals surface area contributed by atoms with E-state index in [-0.39, 0.29) is 17.5 Å². The van der Waals surface area contributed by atoms with Crippen LogP contribution in [0.4, 0.5) is 4.39 Å². The molecule has 2 atom stereocenters. The molecule has 4 rings (SSSR count). The van der Waals surface area contributed by atoms with Crippen LogP contribution in [-0.2, 0) is 0 Å². The van der Waals surface area contributed by atoms with Gasteiger partial charge in [0.15, 0.2) is 0 Å². The van der Waals surface area contributed by atoms with Gasteiger partial charge in [-0.2, -0.15) is 0 Å². The Labute approximate surface area is 177 Å². The first-order chi connectivity index (χ1) is 14.1. The normalized spacial score (nSPS) is 22.4. The Bertz CT molecular complexity index is 870. The fraction of sp³-hybridized carbons (Fsp3) is 0.458. The van der Waals surface area contributed by atoms with Crippen LogP contribution >= 0.6 is 11.8 Å². The van der Waals surface area contributed by atoms with E-state index in [0.29, 0.717) is 6.04 Å². The van der Waals surface area contributed by atoms with Crippen LogP contribution in [0.1, 0.15) is 43.0 Å². The number of carbonyl (C=O) groups is 1. The zero-order chi connectivity index (χ0) is 20.4. The van der Waals surface area contributed by atoms with E-state index in [1.54, 1.807) is 17.8 Å². The molecule has 2 unspecified atom stereocenters. The van der Waals surface area contributed by atoms with Crippen molar-refractivity contribution in [3.05, 3.63) is 53.8 Å². The summed E-state index contributed by atoms with van der Waals surface area (Å²) in [5.74, 6) is -0.595. The zero-order valence-electron chi connectivity index (χ0n) is 17.2. The highest BCUT2D eigenvalue weighted by molar-refractivity contribution is 7.98. The minimum atomic E-state index is -0.429. The van der Waals surface area contributed by atoms with E-state index >= 15 is 0 Å². The van der Waals surface area contributed by atoms with E-state index < -0.39 is 5.82 Å². The molecule has 0 N–H and O–H groups in total. The molecule has 29 heavy (non-hydrogen) atoms. The topological polar surface area (TPSA) is 23.6 Å². The molecule has 0 radical (unpaired) electrons. The van der Waals surface area contributed by atoms with E-state index in [9.17, 15) is 9.18 Å². The lowest BCUT2D eigenvalue weighted by atomic mass is 10.0. The predicted molar refractivity (Wildman–Crippen MR) is 118 cm³/mol. The Hall–Kier alpha value is -1.85. The largest absolute Gasteiger partial charge is 0.334 e. The molecule has 2 aromatic rings. The van der Waals surface area contributed by atoms with Gasteiger partial charge in [-0.05, 0) is 80.8 Å². The molecule has 154 valence electrons. The lowest BCUT2D eigenvalue weighted by Gasteiger charge is -2.31. The Kier molecular flexibility index (Phi) is 6.26. The third-order valence-corrected chi connectivity index (χ3v) is 7.14. The number of halogens is 1. The molecule has 2 saturated heterocycles. The number of hydrogen-bond donors (Lipinski definition) is 0. The van der Waals surface area contributed by atoms with Gasteiger partial charge in [-0.3, -0.25) is 9.69 Å². The van der Waals surface area contributed by atoms with Crippen molar-refractivity contribution in [2.24, 2.45) is 0 Å². The summed E-state index contributed by atoms with van der Waals surface area (Å²) in [4.78, 5) is 18.7. The summed E-state index contributed by atoms with van der Waals surface area (Å²) in [5, 5.41) is 0. The highest BCUT2D eigenvalue weighted by Crippen LogP contribution is 2.28. The predicted octanol–water partition coefficient (Wildman–Crippen LogP) is 5.30. The maximum Gasteiger partial charge on any atom is 0.257 e. The van der Waals surface area contributed by atoms with Gasteiger partial charge in [-0.15, -0.1) is 11.8 Å². The van der Waals surface area contributed by atoms with Crippen molar-refractivity contribution in [3.8, 4) is 11.1 Å². The molecular weight excluding hydrogens is 383 g/mol. The fourth-order valence-corrected chi connectivity index (χ4v) is 5.04. The van der Waals surface area contributed by atoms with Crippen LogP contribution in [0, 0.1) is 5.82 Å². The summed E-state index contributed by atoms with van der Waals surface area (Å²) in [5.41, 5.74) is 1.95. The van der Waals surface area contributed by atoms with Crippen molar-refractivity contribution in [3.63, 3.8) is 0 Å². The van der Waals surface area contributed by atoms with E-state index in [0.717, 1.165) is 43.6 Å². The van der Waals surface area contributed by atoms with Crippen LogP contribution < -0.4 is 0 Å². The van der Waals surface area contributed by atoms with Crippen molar-refractivity contribution in [1.29, 1.82) is 0 Å². The monoisotopic (exact) mass is 412 g/mol. The molecule has 0 spiro atoms. The third kappa shape index (κ3) is 4.36. The number of nitrogens with zero attached hydrogens (tertiary/aromatic N) is 2. The van der Waals surface area contributed by atoms with Gasteiger partial charge in [0.2, 0.25) is 0 Å². The summed E-state index contributed by atoms with van der Waals surface area (Å²) < 4.78 is 14.9. The Morgan fingerprint density at radius 3 is 2.45 bits per heavy atom. The minimum absolute atomic E-state index is 0.166. The van der Waals surface area contributed by atoms with E-state index in [1.807, 2.05) is 41.5 Å².